The molecule has 1 aromatic heterocycles. The van der Waals surface area contributed by atoms with Gasteiger partial charge < -0.3 is 9.80 Å². The Morgan fingerprint density at radius 2 is 1.72 bits per heavy atom. The van der Waals surface area contributed by atoms with Crippen LogP contribution in [0.1, 0.15) is 27.3 Å². The highest BCUT2D eigenvalue weighted by atomic mass is 35.5. The van der Waals surface area contributed by atoms with Crippen LogP contribution in [0.2, 0.25) is 5.02 Å². The van der Waals surface area contributed by atoms with E-state index in [4.69, 9.17) is 11.6 Å². The molecule has 1 aliphatic heterocycles. The number of halogens is 1. The molecule has 2 heterocycles. The minimum absolute atomic E-state index is 0.00542. The molecule has 2 aromatic carbocycles. The summed E-state index contributed by atoms with van der Waals surface area (Å²) < 4.78 is 1.69. The summed E-state index contributed by atoms with van der Waals surface area (Å²) in [6, 6.07) is 15.8. The molecule has 1 aliphatic rings. The van der Waals surface area contributed by atoms with Crippen LogP contribution in [0.15, 0.2) is 48.5 Å². The van der Waals surface area contributed by atoms with Gasteiger partial charge in [-0.1, -0.05) is 35.4 Å². The van der Waals surface area contributed by atoms with Gasteiger partial charge in [-0.05, 0) is 56.7 Å². The Bertz CT molecular complexity index is 1050. The van der Waals surface area contributed by atoms with Crippen molar-refractivity contribution in [2.45, 2.75) is 20.8 Å². The molecular weight excluding hydrogens is 384 g/mol. The molecule has 29 heavy (non-hydrogen) atoms. The lowest BCUT2D eigenvalue weighted by Crippen LogP contribution is -2.49. The zero-order valence-corrected chi connectivity index (χ0v) is 17.8. The number of amides is 1. The molecule has 150 valence electrons. The summed E-state index contributed by atoms with van der Waals surface area (Å²) in [6.45, 7) is 9.16. The highest BCUT2D eigenvalue weighted by Gasteiger charge is 2.26. The van der Waals surface area contributed by atoms with Crippen molar-refractivity contribution in [1.29, 1.82) is 0 Å². The first-order valence-corrected chi connectivity index (χ1v) is 10.2. The van der Waals surface area contributed by atoms with Crippen molar-refractivity contribution in [2.24, 2.45) is 0 Å². The van der Waals surface area contributed by atoms with Crippen molar-refractivity contribution in [2.75, 3.05) is 31.1 Å². The number of nitrogens with zero attached hydrogens (tertiary/aromatic N) is 4. The maximum Gasteiger partial charge on any atom is 0.272 e. The van der Waals surface area contributed by atoms with E-state index in [2.05, 4.69) is 42.0 Å². The number of anilines is 1. The number of piperazine rings is 1. The minimum Gasteiger partial charge on any atom is -0.368 e. The Morgan fingerprint density at radius 3 is 2.41 bits per heavy atom. The van der Waals surface area contributed by atoms with Crippen LogP contribution in [0.4, 0.5) is 5.69 Å². The maximum absolute atomic E-state index is 13.3. The molecule has 1 fully saturated rings. The molecule has 0 atom stereocenters. The van der Waals surface area contributed by atoms with Gasteiger partial charge in [0, 0.05) is 36.9 Å². The molecule has 6 heteroatoms. The van der Waals surface area contributed by atoms with Gasteiger partial charge in [0.2, 0.25) is 0 Å². The molecule has 0 radical (unpaired) electrons. The van der Waals surface area contributed by atoms with E-state index in [1.165, 1.54) is 16.8 Å². The van der Waals surface area contributed by atoms with E-state index in [-0.39, 0.29) is 5.91 Å². The lowest BCUT2D eigenvalue weighted by Gasteiger charge is -2.36. The summed E-state index contributed by atoms with van der Waals surface area (Å²) >= 11 is 6.14. The molecule has 3 aromatic rings. The lowest BCUT2D eigenvalue weighted by molar-refractivity contribution is 0.0737. The van der Waals surface area contributed by atoms with E-state index in [9.17, 15) is 4.79 Å². The molecule has 0 unspecified atom stereocenters. The van der Waals surface area contributed by atoms with Crippen LogP contribution in [0.5, 0.6) is 0 Å². The van der Waals surface area contributed by atoms with Gasteiger partial charge >= 0.3 is 0 Å². The van der Waals surface area contributed by atoms with Crippen molar-refractivity contribution in [3.8, 4) is 5.69 Å². The van der Waals surface area contributed by atoms with Crippen LogP contribution in [0.3, 0.4) is 0 Å². The number of aromatic nitrogens is 2. The molecule has 0 saturated carbocycles. The van der Waals surface area contributed by atoms with Crippen LogP contribution in [-0.2, 0) is 0 Å². The zero-order valence-electron chi connectivity index (χ0n) is 17.0. The Hall–Kier alpha value is -2.79. The highest BCUT2D eigenvalue weighted by molar-refractivity contribution is 6.30. The van der Waals surface area contributed by atoms with E-state index in [1.807, 2.05) is 42.2 Å². The van der Waals surface area contributed by atoms with Crippen LogP contribution < -0.4 is 4.90 Å². The van der Waals surface area contributed by atoms with Crippen molar-refractivity contribution >= 4 is 23.2 Å². The number of hydrogen-bond acceptors (Lipinski definition) is 3. The van der Waals surface area contributed by atoms with Crippen molar-refractivity contribution in [3.05, 3.63) is 76.1 Å². The molecular formula is C23H25ClN4O. The quantitative estimate of drug-likeness (QED) is 0.644. The smallest absolute Gasteiger partial charge is 0.272 e. The summed E-state index contributed by atoms with van der Waals surface area (Å²) in [5, 5.41) is 5.14. The molecule has 4 rings (SSSR count). The number of hydrogen-bond donors (Lipinski definition) is 0. The Morgan fingerprint density at radius 1 is 0.966 bits per heavy atom. The number of carbonyl (C=O) groups is 1. The Balaban J connectivity index is 1.52. The summed E-state index contributed by atoms with van der Waals surface area (Å²) in [5.41, 5.74) is 5.97. The second-order valence-electron chi connectivity index (χ2n) is 7.63. The second-order valence-corrected chi connectivity index (χ2v) is 8.07. The third kappa shape index (κ3) is 4.01. The minimum atomic E-state index is 0.00542. The van der Waals surface area contributed by atoms with Crippen LogP contribution in [0, 0.1) is 20.8 Å². The van der Waals surface area contributed by atoms with Gasteiger partial charge in [-0.2, -0.15) is 5.10 Å². The fraction of sp³-hybridized carbons (Fsp3) is 0.304. The van der Waals surface area contributed by atoms with Crippen molar-refractivity contribution in [1.82, 2.24) is 14.7 Å². The van der Waals surface area contributed by atoms with Gasteiger partial charge in [-0.15, -0.1) is 0 Å². The van der Waals surface area contributed by atoms with Crippen LogP contribution in [0.25, 0.3) is 5.69 Å². The van der Waals surface area contributed by atoms with E-state index >= 15 is 0 Å². The van der Waals surface area contributed by atoms with Gasteiger partial charge in [0.1, 0.15) is 5.69 Å². The fourth-order valence-corrected chi connectivity index (χ4v) is 4.11. The summed E-state index contributed by atoms with van der Waals surface area (Å²) in [7, 11) is 0. The maximum atomic E-state index is 13.3. The topological polar surface area (TPSA) is 41.4 Å². The van der Waals surface area contributed by atoms with E-state index in [0.717, 1.165) is 24.5 Å². The summed E-state index contributed by atoms with van der Waals surface area (Å²) in [4.78, 5) is 17.5. The molecule has 0 spiro atoms. The second kappa shape index (κ2) is 7.91. The monoisotopic (exact) mass is 408 g/mol. The number of benzene rings is 2. The molecule has 0 bridgehead atoms. The normalized spacial score (nSPS) is 14.3. The van der Waals surface area contributed by atoms with Crippen LogP contribution >= 0.6 is 11.6 Å². The van der Waals surface area contributed by atoms with Crippen molar-refractivity contribution in [3.63, 3.8) is 0 Å². The SMILES string of the molecule is Cc1ccc(N2CCN(C(=O)c3cc(C)nn3-c3cccc(Cl)c3)CC2)c(C)c1. The number of aryl methyl sites for hydroxylation is 3. The lowest BCUT2D eigenvalue weighted by atomic mass is 10.1. The fourth-order valence-electron chi connectivity index (χ4n) is 3.93. The summed E-state index contributed by atoms with van der Waals surface area (Å²) in [6.07, 6.45) is 0. The first kappa shape index (κ1) is 19.5. The van der Waals surface area contributed by atoms with E-state index in [0.29, 0.717) is 23.8 Å². The first-order chi connectivity index (χ1) is 13.9. The van der Waals surface area contributed by atoms with Crippen molar-refractivity contribution < 1.29 is 4.79 Å². The Kier molecular flexibility index (Phi) is 5.33. The van der Waals surface area contributed by atoms with Gasteiger partial charge in [0.25, 0.3) is 5.91 Å². The van der Waals surface area contributed by atoms with Gasteiger partial charge in [0.05, 0.1) is 11.4 Å². The van der Waals surface area contributed by atoms with Gasteiger partial charge in [0.15, 0.2) is 0 Å². The predicted octanol–water partition coefficient (Wildman–Crippen LogP) is 4.41. The molecule has 5 nitrogen and oxygen atoms in total. The average molecular weight is 409 g/mol. The Labute approximate surface area is 176 Å². The molecule has 1 amide bonds. The zero-order chi connectivity index (χ0) is 20.5. The summed E-state index contributed by atoms with van der Waals surface area (Å²) in [5.74, 6) is 0.00542. The largest absolute Gasteiger partial charge is 0.368 e. The third-order valence-electron chi connectivity index (χ3n) is 5.36. The van der Waals surface area contributed by atoms with Gasteiger partial charge in [-0.25, -0.2) is 4.68 Å². The van der Waals surface area contributed by atoms with Gasteiger partial charge in [-0.3, -0.25) is 4.79 Å². The molecule has 0 aliphatic carbocycles. The molecule has 0 N–H and O–H groups in total. The first-order valence-electron chi connectivity index (χ1n) is 9.86. The number of carbonyl (C=O) groups excluding carboxylic acids is 1. The molecule has 1 saturated heterocycles. The number of rotatable bonds is 3. The standard InChI is InChI=1S/C23H25ClN4O/c1-16-7-8-21(17(2)13-16)26-9-11-27(12-10-26)23(29)22-14-18(3)25-28(22)20-6-4-5-19(24)15-20/h4-8,13-15H,9-12H2,1-3H3. The van der Waals surface area contributed by atoms with E-state index < -0.39 is 0 Å². The van der Waals surface area contributed by atoms with E-state index in [1.54, 1.807) is 4.68 Å². The highest BCUT2D eigenvalue weighted by Crippen LogP contribution is 2.24. The average Bonchev–Trinajstić information content (AvgIpc) is 3.09. The predicted molar refractivity (Wildman–Crippen MR) is 117 cm³/mol. The third-order valence-corrected chi connectivity index (χ3v) is 5.60. The van der Waals surface area contributed by atoms with Crippen LogP contribution in [-0.4, -0.2) is 46.8 Å².